The van der Waals surface area contributed by atoms with Gasteiger partial charge in [-0.05, 0) is 19.4 Å². The van der Waals surface area contributed by atoms with Crippen LogP contribution in [0.3, 0.4) is 0 Å². The second kappa shape index (κ2) is 7.20. The van der Waals surface area contributed by atoms with Gasteiger partial charge in [0.15, 0.2) is 0 Å². The maximum absolute atomic E-state index is 12.7. The molecule has 2 aliphatic heterocycles. The number of aliphatic carboxylic acids is 1. The summed E-state index contributed by atoms with van der Waals surface area (Å²) in [4.78, 5) is 48.7. The molecular formula is C17H20N4O5S. The van der Waals surface area contributed by atoms with Gasteiger partial charge in [-0.2, -0.15) is 0 Å². The molecule has 3 rings (SSSR count). The number of carbonyl (C=O) groups excluding carboxylic acids is 3. The Morgan fingerprint density at radius 1 is 1.30 bits per heavy atom. The second-order valence-electron chi connectivity index (χ2n) is 6.83. The molecule has 0 bridgehead atoms. The van der Waals surface area contributed by atoms with Gasteiger partial charge in [0.2, 0.25) is 18.2 Å². The first kappa shape index (κ1) is 19.2. The van der Waals surface area contributed by atoms with E-state index in [9.17, 15) is 24.3 Å². The number of hydrogen-bond acceptors (Lipinski definition) is 6. The van der Waals surface area contributed by atoms with Gasteiger partial charge in [-0.15, -0.1) is 11.8 Å². The maximum Gasteiger partial charge on any atom is 0.327 e. The molecule has 4 N–H and O–H groups in total. The van der Waals surface area contributed by atoms with E-state index in [4.69, 9.17) is 0 Å². The van der Waals surface area contributed by atoms with Crippen molar-refractivity contribution in [2.24, 2.45) is 0 Å². The van der Waals surface area contributed by atoms with Crippen molar-refractivity contribution in [1.82, 2.24) is 21.1 Å². The molecule has 3 amide bonds. The van der Waals surface area contributed by atoms with Crippen LogP contribution in [0.1, 0.15) is 25.5 Å². The molecular weight excluding hydrogens is 372 g/mol. The first-order chi connectivity index (χ1) is 12.8. The Morgan fingerprint density at radius 3 is 2.56 bits per heavy atom. The number of hydrogen-bond donors (Lipinski definition) is 4. The number of fused-ring (bicyclic) bond motifs is 1. The number of nitrogens with one attached hydrogen (secondary N) is 3. The number of hydrazine groups is 1. The Morgan fingerprint density at radius 2 is 1.96 bits per heavy atom. The van der Waals surface area contributed by atoms with E-state index >= 15 is 0 Å². The normalized spacial score (nSPS) is 26.5. The molecule has 144 valence electrons. The number of thioether (sulfide) groups is 1. The molecule has 0 radical (unpaired) electrons. The molecule has 0 unspecified atom stereocenters. The third-order valence-corrected chi connectivity index (χ3v) is 6.23. The largest absolute Gasteiger partial charge is 0.480 e. The molecule has 2 heterocycles. The van der Waals surface area contributed by atoms with E-state index in [1.807, 2.05) is 0 Å². The lowest BCUT2D eigenvalue weighted by atomic mass is 9.95. The third kappa shape index (κ3) is 3.37. The summed E-state index contributed by atoms with van der Waals surface area (Å²) in [6.45, 7) is 3.53. The van der Waals surface area contributed by atoms with Gasteiger partial charge >= 0.3 is 5.97 Å². The van der Waals surface area contributed by atoms with Crippen LogP contribution >= 0.6 is 11.8 Å². The molecule has 1 aromatic rings. The van der Waals surface area contributed by atoms with Crippen LogP contribution < -0.4 is 16.2 Å². The van der Waals surface area contributed by atoms with Gasteiger partial charge in [0.05, 0.1) is 0 Å². The highest BCUT2D eigenvalue weighted by molar-refractivity contribution is 8.01. The van der Waals surface area contributed by atoms with Crippen LogP contribution in [0, 0.1) is 0 Å². The van der Waals surface area contributed by atoms with Crippen LogP contribution in [0.4, 0.5) is 0 Å². The van der Waals surface area contributed by atoms with E-state index < -0.39 is 46.0 Å². The van der Waals surface area contributed by atoms with E-state index in [2.05, 4.69) is 16.2 Å². The van der Waals surface area contributed by atoms with Gasteiger partial charge in [-0.3, -0.25) is 19.8 Å². The number of β-lactam (4-membered cyclic amide) rings is 1. The van der Waals surface area contributed by atoms with E-state index in [-0.39, 0.29) is 0 Å². The standard InChI is InChI=1S/C17H20N4O5S/c1-17(2)12(16(25)26)21-14(24)11(15(21)27-17)19-13(23)10(20-18-8-22)9-6-4-3-5-7-9/h3-8,10-12,15,20H,1-2H3,(H,18,22)(H,19,23)(H,25,26)/t10-,11+,12+,15-/m1/s1. The highest BCUT2D eigenvalue weighted by atomic mass is 32.2. The minimum atomic E-state index is -1.06. The highest BCUT2D eigenvalue weighted by Gasteiger charge is 2.64. The Kier molecular flexibility index (Phi) is 5.11. The number of carboxylic acids is 1. The van der Waals surface area contributed by atoms with E-state index in [0.29, 0.717) is 12.0 Å². The number of carbonyl (C=O) groups is 4. The lowest BCUT2D eigenvalue weighted by Gasteiger charge is -2.44. The molecule has 10 heteroatoms. The number of benzene rings is 1. The van der Waals surface area contributed by atoms with Crippen molar-refractivity contribution in [3.05, 3.63) is 35.9 Å². The zero-order valence-corrected chi connectivity index (χ0v) is 15.5. The SMILES string of the molecule is CC1(C)S[C@@H]2[C@@H](NC(=O)[C@H](NNC=O)c3ccccc3)C(=O)N2[C@H]1C(=O)O. The fourth-order valence-corrected chi connectivity index (χ4v) is 5.07. The van der Waals surface area contributed by atoms with E-state index in [1.165, 1.54) is 16.7 Å². The zero-order valence-electron chi connectivity index (χ0n) is 14.7. The smallest absolute Gasteiger partial charge is 0.327 e. The topological polar surface area (TPSA) is 128 Å². The van der Waals surface area contributed by atoms with Gasteiger partial charge in [-0.25, -0.2) is 10.2 Å². The fourth-order valence-electron chi connectivity index (χ4n) is 3.45. The van der Waals surface area contributed by atoms with Crippen LogP contribution in [0.25, 0.3) is 0 Å². The maximum atomic E-state index is 12.7. The molecule has 0 saturated carbocycles. The Hall–Kier alpha value is -2.59. The molecule has 9 nitrogen and oxygen atoms in total. The third-order valence-electron chi connectivity index (χ3n) is 4.65. The summed E-state index contributed by atoms with van der Waals surface area (Å²) in [5.41, 5.74) is 5.47. The van der Waals surface area contributed by atoms with E-state index in [1.54, 1.807) is 44.2 Å². The predicted molar refractivity (Wildman–Crippen MR) is 97.2 cm³/mol. The zero-order chi connectivity index (χ0) is 19.8. The van der Waals surface area contributed by atoms with Gasteiger partial charge in [-0.1, -0.05) is 30.3 Å². The summed E-state index contributed by atoms with van der Waals surface area (Å²) >= 11 is 1.35. The van der Waals surface area contributed by atoms with Crippen LogP contribution in [-0.4, -0.2) is 56.4 Å². The van der Waals surface area contributed by atoms with Crippen LogP contribution in [0.15, 0.2) is 30.3 Å². The molecule has 1 aromatic carbocycles. The first-order valence-electron chi connectivity index (χ1n) is 8.30. The average Bonchev–Trinajstić information content (AvgIpc) is 2.89. The van der Waals surface area contributed by atoms with Crippen LogP contribution in [-0.2, 0) is 19.2 Å². The predicted octanol–water partition coefficient (Wildman–Crippen LogP) is -0.390. The van der Waals surface area contributed by atoms with Gasteiger partial charge in [0, 0.05) is 4.75 Å². The van der Waals surface area contributed by atoms with E-state index in [0.717, 1.165) is 0 Å². The number of carboxylic acid groups (broad SMARTS) is 1. The van der Waals surface area contributed by atoms with Crippen molar-refractivity contribution in [2.75, 3.05) is 0 Å². The summed E-state index contributed by atoms with van der Waals surface area (Å²) in [6.07, 6.45) is 0.409. The summed E-state index contributed by atoms with van der Waals surface area (Å²) in [6, 6.07) is 6.08. The lowest BCUT2D eigenvalue weighted by Crippen LogP contribution is -2.71. The monoisotopic (exact) mass is 392 g/mol. The van der Waals surface area contributed by atoms with Crippen molar-refractivity contribution >= 4 is 36.0 Å². The molecule has 27 heavy (non-hydrogen) atoms. The fraction of sp³-hybridized carbons (Fsp3) is 0.412. The average molecular weight is 392 g/mol. The first-order valence-corrected chi connectivity index (χ1v) is 9.18. The lowest BCUT2D eigenvalue weighted by molar-refractivity contribution is -0.161. The molecule has 2 aliphatic rings. The Balaban J connectivity index is 1.75. The van der Waals surface area contributed by atoms with Crippen molar-refractivity contribution < 1.29 is 24.3 Å². The second-order valence-corrected chi connectivity index (χ2v) is 8.61. The molecule has 0 aromatic heterocycles. The van der Waals surface area contributed by atoms with Gasteiger partial charge in [0.1, 0.15) is 23.5 Å². The summed E-state index contributed by atoms with van der Waals surface area (Å²) in [5, 5.41) is 11.7. The summed E-state index contributed by atoms with van der Waals surface area (Å²) in [7, 11) is 0. The Labute approximate surface area is 159 Å². The van der Waals surface area contributed by atoms with Gasteiger partial charge < -0.3 is 15.3 Å². The highest BCUT2D eigenvalue weighted by Crippen LogP contribution is 2.50. The molecule has 0 spiro atoms. The quantitative estimate of drug-likeness (QED) is 0.283. The molecule has 2 fully saturated rings. The van der Waals surface area contributed by atoms with Crippen molar-refractivity contribution in [3.63, 3.8) is 0 Å². The minimum Gasteiger partial charge on any atom is -0.480 e. The van der Waals surface area contributed by atoms with Crippen molar-refractivity contribution in [3.8, 4) is 0 Å². The summed E-state index contributed by atoms with van der Waals surface area (Å²) in [5.74, 6) is -1.98. The summed E-state index contributed by atoms with van der Waals surface area (Å²) < 4.78 is -0.665. The number of rotatable bonds is 7. The number of nitrogens with zero attached hydrogens (tertiary/aromatic N) is 1. The van der Waals surface area contributed by atoms with Crippen molar-refractivity contribution in [2.45, 2.75) is 42.1 Å². The van der Waals surface area contributed by atoms with Crippen LogP contribution in [0.5, 0.6) is 0 Å². The minimum absolute atomic E-state index is 0.409. The number of amides is 3. The van der Waals surface area contributed by atoms with Crippen molar-refractivity contribution in [1.29, 1.82) is 0 Å². The Bertz CT molecular complexity index is 772. The molecule has 2 saturated heterocycles. The van der Waals surface area contributed by atoms with Crippen LogP contribution in [0.2, 0.25) is 0 Å². The van der Waals surface area contributed by atoms with Gasteiger partial charge in [0.25, 0.3) is 0 Å². The molecule has 0 aliphatic carbocycles. The molecule has 4 atom stereocenters.